The Morgan fingerprint density at radius 2 is 2.11 bits per heavy atom. The van der Waals surface area contributed by atoms with E-state index in [1.165, 1.54) is 25.2 Å². The Hall–Kier alpha value is -1.91. The molecule has 1 rings (SSSR count). The van der Waals surface area contributed by atoms with Gasteiger partial charge in [-0.05, 0) is 30.7 Å². The molecule has 0 amide bonds. The minimum absolute atomic E-state index is 0.0252. The van der Waals surface area contributed by atoms with Crippen molar-refractivity contribution in [2.75, 3.05) is 13.6 Å². The number of nitrogens with zero attached hydrogens (tertiary/aromatic N) is 2. The predicted molar refractivity (Wildman–Crippen MR) is 63.3 cm³/mol. The van der Waals surface area contributed by atoms with Gasteiger partial charge in [0.15, 0.2) is 0 Å². The highest BCUT2D eigenvalue weighted by atomic mass is 32.2. The minimum Gasteiger partial charge on any atom is -0.480 e. The van der Waals surface area contributed by atoms with Gasteiger partial charge in [-0.2, -0.15) is 9.57 Å². The van der Waals surface area contributed by atoms with Crippen LogP contribution in [0.25, 0.3) is 0 Å². The smallest absolute Gasteiger partial charge is 0.318 e. The molecular formula is C11H12N2O4S. The zero-order chi connectivity index (χ0) is 13.9. The van der Waals surface area contributed by atoms with Crippen molar-refractivity contribution in [3.8, 4) is 6.07 Å². The van der Waals surface area contributed by atoms with Crippen LogP contribution in [0.1, 0.15) is 11.1 Å². The second-order valence-electron chi connectivity index (χ2n) is 3.74. The topological polar surface area (TPSA) is 98.5 Å². The van der Waals surface area contributed by atoms with Gasteiger partial charge in [-0.1, -0.05) is 0 Å². The number of hydrogen-bond donors (Lipinski definition) is 1. The molecule has 0 aliphatic carbocycles. The summed E-state index contributed by atoms with van der Waals surface area (Å²) in [6, 6.07) is 5.98. The molecule has 0 bridgehead atoms. The summed E-state index contributed by atoms with van der Waals surface area (Å²) < 4.78 is 24.7. The second kappa shape index (κ2) is 5.16. The normalized spacial score (nSPS) is 11.2. The number of hydrogen-bond acceptors (Lipinski definition) is 4. The third-order valence-electron chi connectivity index (χ3n) is 2.38. The van der Waals surface area contributed by atoms with Crippen molar-refractivity contribution in [2.45, 2.75) is 11.8 Å². The quantitative estimate of drug-likeness (QED) is 0.860. The van der Waals surface area contributed by atoms with Crippen LogP contribution in [0, 0.1) is 18.3 Å². The zero-order valence-corrected chi connectivity index (χ0v) is 10.7. The summed E-state index contributed by atoms with van der Waals surface area (Å²) in [5, 5.41) is 17.3. The number of carbonyl (C=O) groups is 1. The summed E-state index contributed by atoms with van der Waals surface area (Å²) in [7, 11) is -2.65. The van der Waals surface area contributed by atoms with Gasteiger partial charge in [-0.25, -0.2) is 8.42 Å². The fourth-order valence-electron chi connectivity index (χ4n) is 1.38. The molecule has 0 spiro atoms. The lowest BCUT2D eigenvalue weighted by atomic mass is 10.1. The van der Waals surface area contributed by atoms with Crippen molar-refractivity contribution in [2.24, 2.45) is 0 Å². The summed E-state index contributed by atoms with van der Waals surface area (Å²) in [6.45, 7) is 1.01. The van der Waals surface area contributed by atoms with E-state index in [2.05, 4.69) is 0 Å². The number of carboxylic acid groups (broad SMARTS) is 1. The molecule has 6 nitrogen and oxygen atoms in total. The number of rotatable bonds is 4. The van der Waals surface area contributed by atoms with E-state index in [9.17, 15) is 13.2 Å². The van der Waals surface area contributed by atoms with Gasteiger partial charge in [-0.3, -0.25) is 4.79 Å². The van der Waals surface area contributed by atoms with Crippen LogP contribution >= 0.6 is 0 Å². The Morgan fingerprint density at radius 3 is 2.56 bits per heavy atom. The predicted octanol–water partition coefficient (Wildman–Crippen LogP) is 0.572. The number of aryl methyl sites for hydroxylation is 1. The van der Waals surface area contributed by atoms with Gasteiger partial charge < -0.3 is 5.11 Å². The first-order valence-corrected chi connectivity index (χ1v) is 6.42. The van der Waals surface area contributed by atoms with Crippen molar-refractivity contribution in [3.63, 3.8) is 0 Å². The Labute approximate surface area is 105 Å². The van der Waals surface area contributed by atoms with Crippen LogP contribution in [0.3, 0.4) is 0 Å². The third-order valence-corrected chi connectivity index (χ3v) is 4.18. The molecule has 0 aliphatic rings. The summed E-state index contributed by atoms with van der Waals surface area (Å²) >= 11 is 0. The van der Waals surface area contributed by atoms with Crippen molar-refractivity contribution in [3.05, 3.63) is 29.3 Å². The highest BCUT2D eigenvalue weighted by Gasteiger charge is 2.23. The van der Waals surface area contributed by atoms with E-state index in [1.807, 2.05) is 6.07 Å². The van der Waals surface area contributed by atoms with E-state index in [0.717, 1.165) is 4.31 Å². The molecule has 0 saturated carbocycles. The molecule has 1 N–H and O–H groups in total. The minimum atomic E-state index is -3.84. The maximum atomic E-state index is 12.0. The maximum Gasteiger partial charge on any atom is 0.318 e. The van der Waals surface area contributed by atoms with E-state index in [-0.39, 0.29) is 4.90 Å². The van der Waals surface area contributed by atoms with E-state index in [0.29, 0.717) is 11.1 Å². The first-order valence-electron chi connectivity index (χ1n) is 4.98. The number of aliphatic carboxylic acids is 1. The third kappa shape index (κ3) is 2.85. The lowest BCUT2D eigenvalue weighted by Crippen LogP contribution is -2.32. The van der Waals surface area contributed by atoms with Gasteiger partial charge in [0, 0.05) is 7.05 Å². The monoisotopic (exact) mass is 268 g/mol. The molecule has 0 atom stereocenters. The standard InChI is InChI=1S/C11H12N2O4S/c1-8-5-10(4-3-9(8)6-12)18(16,17)13(2)7-11(14)15/h3-5H,7H2,1-2H3,(H,14,15). The molecule has 0 radical (unpaired) electrons. The fraction of sp³-hybridized carbons (Fsp3) is 0.273. The SMILES string of the molecule is Cc1cc(S(=O)(=O)N(C)CC(=O)O)ccc1C#N. The van der Waals surface area contributed by atoms with Crippen LogP contribution in [0.5, 0.6) is 0 Å². The van der Waals surface area contributed by atoms with Crippen molar-refractivity contribution >= 4 is 16.0 Å². The maximum absolute atomic E-state index is 12.0. The summed E-state index contributed by atoms with van der Waals surface area (Å²) in [5.41, 5.74) is 0.914. The van der Waals surface area contributed by atoms with Crippen LogP contribution in [0.2, 0.25) is 0 Å². The van der Waals surface area contributed by atoms with Crippen LogP contribution in [0.4, 0.5) is 0 Å². The molecule has 0 fully saturated rings. The molecule has 0 aliphatic heterocycles. The lowest BCUT2D eigenvalue weighted by Gasteiger charge is -2.15. The molecule has 0 unspecified atom stereocenters. The van der Waals surface area contributed by atoms with Crippen LogP contribution in [-0.2, 0) is 14.8 Å². The molecule has 0 saturated heterocycles. The summed E-state index contributed by atoms with van der Waals surface area (Å²) in [4.78, 5) is 10.5. The first-order chi connectivity index (χ1) is 8.28. The van der Waals surface area contributed by atoms with E-state index >= 15 is 0 Å². The van der Waals surface area contributed by atoms with Gasteiger partial charge in [0.2, 0.25) is 10.0 Å². The number of sulfonamides is 1. The molecular weight excluding hydrogens is 256 g/mol. The second-order valence-corrected chi connectivity index (χ2v) is 5.79. The number of nitriles is 1. The van der Waals surface area contributed by atoms with Crippen molar-refractivity contribution in [1.82, 2.24) is 4.31 Å². The molecule has 7 heteroatoms. The Kier molecular flexibility index (Phi) is 4.06. The van der Waals surface area contributed by atoms with Crippen molar-refractivity contribution in [1.29, 1.82) is 5.26 Å². The Bertz CT molecular complexity index is 616. The van der Waals surface area contributed by atoms with Gasteiger partial charge in [0.25, 0.3) is 0 Å². The Morgan fingerprint density at radius 1 is 1.50 bits per heavy atom. The van der Waals surface area contributed by atoms with Gasteiger partial charge in [0.1, 0.15) is 6.54 Å². The van der Waals surface area contributed by atoms with Crippen molar-refractivity contribution < 1.29 is 18.3 Å². The van der Waals surface area contributed by atoms with Crippen LogP contribution in [-0.4, -0.2) is 37.4 Å². The highest BCUT2D eigenvalue weighted by molar-refractivity contribution is 7.89. The first kappa shape index (κ1) is 14.2. The number of carboxylic acids is 1. The average Bonchev–Trinajstić information content (AvgIpc) is 2.27. The number of likely N-dealkylation sites (N-methyl/N-ethyl adjacent to an activating group) is 1. The van der Waals surface area contributed by atoms with Gasteiger partial charge in [-0.15, -0.1) is 0 Å². The summed E-state index contributed by atoms with van der Waals surface area (Å²) in [6.07, 6.45) is 0. The van der Waals surface area contributed by atoms with E-state index in [4.69, 9.17) is 10.4 Å². The molecule has 0 heterocycles. The van der Waals surface area contributed by atoms with Gasteiger partial charge in [0.05, 0.1) is 16.5 Å². The highest BCUT2D eigenvalue weighted by Crippen LogP contribution is 2.18. The molecule has 1 aromatic carbocycles. The molecule has 0 aromatic heterocycles. The lowest BCUT2D eigenvalue weighted by molar-refractivity contribution is -0.137. The van der Waals surface area contributed by atoms with Crippen LogP contribution in [0.15, 0.2) is 23.1 Å². The van der Waals surface area contributed by atoms with Crippen LogP contribution < -0.4 is 0 Å². The van der Waals surface area contributed by atoms with Gasteiger partial charge >= 0.3 is 5.97 Å². The van der Waals surface area contributed by atoms with E-state index in [1.54, 1.807) is 6.92 Å². The summed E-state index contributed by atoms with van der Waals surface area (Å²) in [5.74, 6) is -1.23. The molecule has 96 valence electrons. The van der Waals surface area contributed by atoms with E-state index < -0.39 is 22.5 Å². The largest absolute Gasteiger partial charge is 0.480 e. The fourth-order valence-corrected chi connectivity index (χ4v) is 2.58. The average molecular weight is 268 g/mol. The molecule has 1 aromatic rings. The Balaban J connectivity index is 3.18. The zero-order valence-electron chi connectivity index (χ0n) is 9.91. The molecule has 18 heavy (non-hydrogen) atoms. The number of benzene rings is 1.